The Labute approximate surface area is 142 Å². The average molecular weight is 331 g/mol. The van der Waals surface area contributed by atoms with Crippen molar-refractivity contribution >= 4 is 5.82 Å². The first kappa shape index (κ1) is 16.9. The van der Waals surface area contributed by atoms with E-state index >= 15 is 0 Å². The lowest BCUT2D eigenvalue weighted by atomic mass is 10.2. The summed E-state index contributed by atoms with van der Waals surface area (Å²) >= 11 is 0. The van der Waals surface area contributed by atoms with Crippen molar-refractivity contribution < 1.29 is 9.26 Å². The molecular formula is C17H25N5O2. The third kappa shape index (κ3) is 3.57. The van der Waals surface area contributed by atoms with Gasteiger partial charge >= 0.3 is 0 Å². The van der Waals surface area contributed by atoms with Crippen molar-refractivity contribution in [3.05, 3.63) is 24.2 Å². The molecule has 1 atom stereocenters. The van der Waals surface area contributed by atoms with E-state index < -0.39 is 0 Å². The molecule has 1 saturated heterocycles. The van der Waals surface area contributed by atoms with Crippen LogP contribution in [0.4, 0.5) is 5.82 Å². The summed E-state index contributed by atoms with van der Waals surface area (Å²) in [6, 6.07) is 4.51. The lowest BCUT2D eigenvalue weighted by molar-refractivity contribution is 0.170. The summed E-state index contributed by atoms with van der Waals surface area (Å²) < 4.78 is 10.7. The van der Waals surface area contributed by atoms with Crippen LogP contribution in [0.1, 0.15) is 38.6 Å². The van der Waals surface area contributed by atoms with E-state index in [1.807, 2.05) is 12.1 Å². The minimum Gasteiger partial charge on any atom is -0.383 e. The Bertz CT molecular complexity index is 658. The van der Waals surface area contributed by atoms with Crippen LogP contribution >= 0.6 is 0 Å². The number of aromatic nitrogens is 3. The Morgan fingerprint density at radius 1 is 1.46 bits per heavy atom. The highest BCUT2D eigenvalue weighted by Crippen LogP contribution is 2.34. The number of pyridine rings is 1. The molecule has 7 heteroatoms. The molecule has 0 aromatic carbocycles. The molecule has 0 unspecified atom stereocenters. The van der Waals surface area contributed by atoms with E-state index in [0.29, 0.717) is 30.9 Å². The summed E-state index contributed by atoms with van der Waals surface area (Å²) in [6.07, 6.45) is 3.97. The molecule has 1 N–H and O–H groups in total. The number of methoxy groups -OCH3 is 1. The van der Waals surface area contributed by atoms with Gasteiger partial charge in [0.25, 0.3) is 0 Å². The topological polar surface area (TPSA) is 76.3 Å². The van der Waals surface area contributed by atoms with Gasteiger partial charge in [0, 0.05) is 25.9 Å². The van der Waals surface area contributed by atoms with Crippen LogP contribution in [0.25, 0.3) is 11.4 Å². The maximum absolute atomic E-state index is 5.58. The summed E-state index contributed by atoms with van der Waals surface area (Å²) in [7, 11) is 1.68. The summed E-state index contributed by atoms with van der Waals surface area (Å²) in [6.45, 7) is 6.77. The van der Waals surface area contributed by atoms with E-state index in [1.165, 1.54) is 0 Å². The van der Waals surface area contributed by atoms with Crippen molar-refractivity contribution in [2.45, 2.75) is 38.8 Å². The van der Waals surface area contributed by atoms with Gasteiger partial charge in [0.2, 0.25) is 11.7 Å². The molecule has 24 heavy (non-hydrogen) atoms. The van der Waals surface area contributed by atoms with Gasteiger partial charge in [0.15, 0.2) is 0 Å². The zero-order valence-corrected chi connectivity index (χ0v) is 14.5. The third-order valence-corrected chi connectivity index (χ3v) is 4.33. The van der Waals surface area contributed by atoms with Gasteiger partial charge in [-0.1, -0.05) is 5.16 Å². The highest BCUT2D eigenvalue weighted by atomic mass is 16.5. The van der Waals surface area contributed by atoms with Crippen LogP contribution in [0.5, 0.6) is 0 Å². The summed E-state index contributed by atoms with van der Waals surface area (Å²) in [5.74, 6) is 2.02. The lowest BCUT2D eigenvalue weighted by Gasteiger charge is -2.25. The second-order valence-electron chi connectivity index (χ2n) is 6.26. The number of rotatable bonds is 7. The van der Waals surface area contributed by atoms with Crippen LogP contribution in [0, 0.1) is 0 Å². The number of nitrogens with zero attached hydrogens (tertiary/aromatic N) is 4. The first-order valence-electron chi connectivity index (χ1n) is 8.48. The Kier molecular flexibility index (Phi) is 5.42. The van der Waals surface area contributed by atoms with Crippen LogP contribution in [0.15, 0.2) is 22.9 Å². The maximum atomic E-state index is 5.58. The summed E-state index contributed by atoms with van der Waals surface area (Å²) in [5.41, 5.74) is 0.845. The van der Waals surface area contributed by atoms with Gasteiger partial charge < -0.3 is 14.6 Å². The number of likely N-dealkylation sites (tertiary alicyclic amines) is 1. The zero-order chi connectivity index (χ0) is 16.9. The third-order valence-electron chi connectivity index (χ3n) is 4.33. The molecule has 0 aliphatic carbocycles. The number of anilines is 1. The summed E-state index contributed by atoms with van der Waals surface area (Å²) in [5, 5.41) is 7.44. The minimum absolute atomic E-state index is 0.216. The molecule has 0 spiro atoms. The van der Waals surface area contributed by atoms with E-state index in [0.717, 1.165) is 30.8 Å². The van der Waals surface area contributed by atoms with Gasteiger partial charge in [-0.25, -0.2) is 4.98 Å². The SMILES string of the molecule is COCCNc1ncccc1-c1noc([C@@H]2CCCN2C(C)C)n1. The molecule has 7 nitrogen and oxygen atoms in total. The van der Waals surface area contributed by atoms with Gasteiger partial charge in [-0.2, -0.15) is 4.98 Å². The van der Waals surface area contributed by atoms with Crippen molar-refractivity contribution in [2.75, 3.05) is 32.1 Å². The molecule has 3 heterocycles. The zero-order valence-electron chi connectivity index (χ0n) is 14.5. The van der Waals surface area contributed by atoms with Gasteiger partial charge in [-0.3, -0.25) is 4.90 Å². The molecule has 2 aromatic heterocycles. The predicted octanol–water partition coefficient (Wildman–Crippen LogP) is 2.74. The molecular weight excluding hydrogens is 306 g/mol. The molecule has 1 aliphatic rings. The normalized spacial score (nSPS) is 18.4. The quantitative estimate of drug-likeness (QED) is 0.782. The molecule has 3 rings (SSSR count). The van der Waals surface area contributed by atoms with E-state index in [-0.39, 0.29) is 6.04 Å². The number of hydrogen-bond acceptors (Lipinski definition) is 7. The molecule has 130 valence electrons. The first-order chi connectivity index (χ1) is 11.7. The van der Waals surface area contributed by atoms with Crippen molar-refractivity contribution in [1.82, 2.24) is 20.0 Å². The fourth-order valence-corrected chi connectivity index (χ4v) is 3.15. The van der Waals surface area contributed by atoms with Crippen LogP contribution in [-0.4, -0.2) is 52.9 Å². The van der Waals surface area contributed by atoms with Gasteiger partial charge in [0.1, 0.15) is 5.82 Å². The smallest absolute Gasteiger partial charge is 0.244 e. The number of ether oxygens (including phenoxy) is 1. The second kappa shape index (κ2) is 7.72. The molecule has 1 aliphatic heterocycles. The van der Waals surface area contributed by atoms with Crippen LogP contribution < -0.4 is 5.32 Å². The minimum atomic E-state index is 0.216. The Morgan fingerprint density at radius 3 is 3.12 bits per heavy atom. The van der Waals surface area contributed by atoms with E-state index in [1.54, 1.807) is 13.3 Å². The van der Waals surface area contributed by atoms with Gasteiger partial charge in [-0.05, 0) is 45.4 Å². The highest BCUT2D eigenvalue weighted by Gasteiger charge is 2.32. The fourth-order valence-electron chi connectivity index (χ4n) is 3.15. The monoisotopic (exact) mass is 331 g/mol. The number of hydrogen-bond donors (Lipinski definition) is 1. The standard InChI is InChI=1S/C17H25N5O2/c1-12(2)22-10-5-7-14(22)17-20-16(21-24-17)13-6-4-8-18-15(13)19-9-11-23-3/h4,6,8,12,14H,5,7,9-11H2,1-3H3,(H,18,19)/t14-/m0/s1. The first-order valence-corrected chi connectivity index (χ1v) is 8.48. The van der Waals surface area contributed by atoms with E-state index in [4.69, 9.17) is 9.26 Å². The lowest BCUT2D eigenvalue weighted by Crippen LogP contribution is -2.30. The second-order valence-corrected chi connectivity index (χ2v) is 6.26. The van der Waals surface area contributed by atoms with E-state index in [2.05, 4.69) is 39.2 Å². The van der Waals surface area contributed by atoms with Crippen molar-refractivity contribution in [3.63, 3.8) is 0 Å². The van der Waals surface area contributed by atoms with Crippen LogP contribution in [-0.2, 0) is 4.74 Å². The Hall–Kier alpha value is -1.99. The highest BCUT2D eigenvalue weighted by molar-refractivity contribution is 5.69. The van der Waals surface area contributed by atoms with E-state index in [9.17, 15) is 0 Å². The molecule has 2 aromatic rings. The van der Waals surface area contributed by atoms with Gasteiger partial charge in [-0.15, -0.1) is 0 Å². The molecule has 0 saturated carbocycles. The van der Waals surface area contributed by atoms with Crippen molar-refractivity contribution in [3.8, 4) is 11.4 Å². The molecule has 1 fully saturated rings. The average Bonchev–Trinajstić information content (AvgIpc) is 3.24. The molecule has 0 radical (unpaired) electrons. The predicted molar refractivity (Wildman–Crippen MR) is 91.7 cm³/mol. The van der Waals surface area contributed by atoms with Crippen molar-refractivity contribution in [2.24, 2.45) is 0 Å². The largest absolute Gasteiger partial charge is 0.383 e. The Morgan fingerprint density at radius 2 is 2.33 bits per heavy atom. The van der Waals surface area contributed by atoms with Crippen molar-refractivity contribution in [1.29, 1.82) is 0 Å². The molecule has 0 bridgehead atoms. The van der Waals surface area contributed by atoms with Crippen LogP contribution in [0.2, 0.25) is 0 Å². The van der Waals surface area contributed by atoms with Crippen LogP contribution in [0.3, 0.4) is 0 Å². The molecule has 0 amide bonds. The maximum Gasteiger partial charge on any atom is 0.244 e. The fraction of sp³-hybridized carbons (Fsp3) is 0.588. The Balaban J connectivity index is 1.81. The summed E-state index contributed by atoms with van der Waals surface area (Å²) in [4.78, 5) is 11.4. The number of nitrogens with one attached hydrogen (secondary N) is 1. The van der Waals surface area contributed by atoms with Gasteiger partial charge in [0.05, 0.1) is 18.2 Å².